The highest BCUT2D eigenvalue weighted by Gasteiger charge is 2.41. The van der Waals surface area contributed by atoms with Crippen LogP contribution in [0.5, 0.6) is 0 Å². The van der Waals surface area contributed by atoms with Gasteiger partial charge in [0, 0.05) is 13.0 Å². The molecule has 16 heavy (non-hydrogen) atoms. The average Bonchev–Trinajstić information content (AvgIpc) is 2.28. The molecule has 1 aromatic rings. The highest BCUT2D eigenvalue weighted by molar-refractivity contribution is 5.58. The third-order valence-electron chi connectivity index (χ3n) is 3.83. The van der Waals surface area contributed by atoms with Gasteiger partial charge in [-0.05, 0) is 37.1 Å². The van der Waals surface area contributed by atoms with Crippen LogP contribution in [-0.2, 0) is 10.3 Å². The van der Waals surface area contributed by atoms with Gasteiger partial charge in [-0.25, -0.2) is 0 Å². The smallest absolute Gasteiger partial charge is 0.130 e. The summed E-state index contributed by atoms with van der Waals surface area (Å²) in [5.41, 5.74) is 5.20. The fraction of sp³-hybridized carbons (Fsp3) is 0.333. The summed E-state index contributed by atoms with van der Waals surface area (Å²) in [7, 11) is 1.79. The SMILES string of the molecule is COC12C=C(C)C(C(C)=C1)c1ccccc12. The van der Waals surface area contributed by atoms with E-state index in [1.54, 1.807) is 7.11 Å². The van der Waals surface area contributed by atoms with Crippen LogP contribution in [0, 0.1) is 0 Å². The Morgan fingerprint density at radius 3 is 2.31 bits per heavy atom. The highest BCUT2D eigenvalue weighted by atomic mass is 16.5. The van der Waals surface area contributed by atoms with Crippen molar-refractivity contribution in [1.29, 1.82) is 0 Å². The van der Waals surface area contributed by atoms with Crippen molar-refractivity contribution in [3.8, 4) is 0 Å². The van der Waals surface area contributed by atoms with Crippen molar-refractivity contribution in [2.45, 2.75) is 25.4 Å². The first-order chi connectivity index (χ1) is 7.68. The van der Waals surface area contributed by atoms with E-state index in [1.807, 2.05) is 0 Å². The van der Waals surface area contributed by atoms with Crippen LogP contribution in [0.1, 0.15) is 30.9 Å². The second kappa shape index (κ2) is 3.08. The summed E-state index contributed by atoms with van der Waals surface area (Å²) in [6, 6.07) is 8.61. The molecule has 0 saturated heterocycles. The van der Waals surface area contributed by atoms with E-state index in [0.717, 1.165) is 0 Å². The standard InChI is InChI=1S/C15H16O/c1-10-8-15(16-3)9-11(2)14(10)12-6-4-5-7-13(12)15/h4-9,14H,1-3H3. The van der Waals surface area contributed by atoms with E-state index in [4.69, 9.17) is 4.74 Å². The molecule has 0 spiro atoms. The van der Waals surface area contributed by atoms with E-state index in [2.05, 4.69) is 50.3 Å². The molecule has 82 valence electrons. The summed E-state index contributed by atoms with van der Waals surface area (Å²) in [5, 5.41) is 0. The van der Waals surface area contributed by atoms with E-state index in [1.165, 1.54) is 22.3 Å². The lowest BCUT2D eigenvalue weighted by molar-refractivity contribution is 0.0642. The Morgan fingerprint density at radius 2 is 1.69 bits per heavy atom. The summed E-state index contributed by atoms with van der Waals surface area (Å²) in [6.45, 7) is 4.40. The largest absolute Gasteiger partial charge is 0.365 e. The molecule has 0 fully saturated rings. The monoisotopic (exact) mass is 212 g/mol. The Hall–Kier alpha value is -1.34. The lowest BCUT2D eigenvalue weighted by Crippen LogP contribution is -2.35. The van der Waals surface area contributed by atoms with Gasteiger partial charge in [0.2, 0.25) is 0 Å². The van der Waals surface area contributed by atoms with Crippen LogP contribution in [0.4, 0.5) is 0 Å². The molecule has 2 bridgehead atoms. The topological polar surface area (TPSA) is 9.23 Å². The van der Waals surface area contributed by atoms with E-state index >= 15 is 0 Å². The first-order valence-electron chi connectivity index (χ1n) is 5.71. The van der Waals surface area contributed by atoms with Crippen molar-refractivity contribution in [2.24, 2.45) is 0 Å². The fourth-order valence-corrected chi connectivity index (χ4v) is 3.22. The van der Waals surface area contributed by atoms with Crippen molar-refractivity contribution in [3.63, 3.8) is 0 Å². The van der Waals surface area contributed by atoms with E-state index in [-0.39, 0.29) is 5.60 Å². The van der Waals surface area contributed by atoms with Gasteiger partial charge in [-0.3, -0.25) is 0 Å². The molecule has 0 amide bonds. The molecule has 0 heterocycles. The van der Waals surface area contributed by atoms with E-state index < -0.39 is 0 Å². The molecule has 0 unspecified atom stereocenters. The number of hydrogen-bond donors (Lipinski definition) is 0. The summed E-state index contributed by atoms with van der Waals surface area (Å²) < 4.78 is 5.78. The predicted molar refractivity (Wildman–Crippen MR) is 65.4 cm³/mol. The first-order valence-corrected chi connectivity index (χ1v) is 5.71. The lowest BCUT2D eigenvalue weighted by Gasteiger charge is -2.43. The Balaban J connectivity index is 2.33. The van der Waals surface area contributed by atoms with Crippen LogP contribution in [-0.4, -0.2) is 7.11 Å². The van der Waals surface area contributed by atoms with Crippen LogP contribution < -0.4 is 0 Å². The molecule has 3 aliphatic rings. The van der Waals surface area contributed by atoms with Crippen molar-refractivity contribution in [1.82, 2.24) is 0 Å². The van der Waals surface area contributed by atoms with Gasteiger partial charge in [0.1, 0.15) is 5.60 Å². The minimum Gasteiger partial charge on any atom is -0.365 e. The number of allylic oxidation sites excluding steroid dienone is 2. The summed E-state index contributed by atoms with van der Waals surface area (Å²) in [6.07, 6.45) is 4.51. The molecule has 0 saturated carbocycles. The second-order valence-electron chi connectivity index (χ2n) is 4.79. The Kier molecular flexibility index (Phi) is 1.90. The quantitative estimate of drug-likeness (QED) is 0.647. The molecular formula is C15H16O. The van der Waals surface area contributed by atoms with Crippen molar-refractivity contribution < 1.29 is 4.74 Å². The molecule has 1 nitrogen and oxygen atoms in total. The number of methoxy groups -OCH3 is 1. The van der Waals surface area contributed by atoms with Crippen LogP contribution in [0.2, 0.25) is 0 Å². The van der Waals surface area contributed by atoms with Gasteiger partial charge in [0.15, 0.2) is 0 Å². The Morgan fingerprint density at radius 1 is 1.06 bits per heavy atom. The number of hydrogen-bond acceptors (Lipinski definition) is 1. The molecule has 0 aromatic heterocycles. The second-order valence-corrected chi connectivity index (χ2v) is 4.79. The third-order valence-corrected chi connectivity index (χ3v) is 3.83. The number of benzene rings is 1. The highest BCUT2D eigenvalue weighted by Crippen LogP contribution is 2.51. The summed E-state index contributed by atoms with van der Waals surface area (Å²) in [5.74, 6) is 0.466. The maximum Gasteiger partial charge on any atom is 0.130 e. The van der Waals surface area contributed by atoms with Crippen molar-refractivity contribution in [2.75, 3.05) is 7.11 Å². The van der Waals surface area contributed by atoms with Crippen LogP contribution in [0.15, 0.2) is 47.6 Å². The zero-order valence-electron chi connectivity index (χ0n) is 9.95. The fourth-order valence-electron chi connectivity index (χ4n) is 3.22. The van der Waals surface area contributed by atoms with Gasteiger partial charge in [0.05, 0.1) is 0 Å². The molecule has 4 rings (SSSR count). The van der Waals surface area contributed by atoms with Gasteiger partial charge < -0.3 is 4.74 Å². The summed E-state index contributed by atoms with van der Waals surface area (Å²) in [4.78, 5) is 0. The van der Waals surface area contributed by atoms with E-state index in [0.29, 0.717) is 5.92 Å². The molecule has 1 heteroatoms. The molecule has 0 aliphatic heterocycles. The lowest BCUT2D eigenvalue weighted by atomic mass is 9.67. The number of ether oxygens (including phenoxy) is 1. The first kappa shape index (κ1) is 9.86. The molecule has 0 atom stereocenters. The van der Waals surface area contributed by atoms with E-state index in [9.17, 15) is 0 Å². The van der Waals surface area contributed by atoms with Crippen LogP contribution in [0.25, 0.3) is 0 Å². The zero-order chi connectivity index (χ0) is 11.3. The average molecular weight is 212 g/mol. The minimum absolute atomic E-state index is 0.320. The van der Waals surface area contributed by atoms with Crippen LogP contribution in [0.3, 0.4) is 0 Å². The normalized spacial score (nSPS) is 30.8. The third kappa shape index (κ3) is 1.04. The molecule has 0 radical (unpaired) electrons. The van der Waals surface area contributed by atoms with Gasteiger partial charge in [0.25, 0.3) is 0 Å². The Labute approximate surface area is 96.4 Å². The maximum atomic E-state index is 5.78. The van der Waals surface area contributed by atoms with Gasteiger partial charge in [-0.1, -0.05) is 35.4 Å². The minimum atomic E-state index is -0.320. The maximum absolute atomic E-state index is 5.78. The summed E-state index contributed by atoms with van der Waals surface area (Å²) >= 11 is 0. The van der Waals surface area contributed by atoms with Crippen molar-refractivity contribution in [3.05, 3.63) is 58.7 Å². The van der Waals surface area contributed by atoms with Gasteiger partial charge in [-0.15, -0.1) is 0 Å². The molecule has 1 aromatic carbocycles. The zero-order valence-corrected chi connectivity index (χ0v) is 9.95. The molecular weight excluding hydrogens is 196 g/mol. The van der Waals surface area contributed by atoms with Crippen LogP contribution >= 0.6 is 0 Å². The Bertz CT molecular complexity index is 488. The van der Waals surface area contributed by atoms with Gasteiger partial charge >= 0.3 is 0 Å². The van der Waals surface area contributed by atoms with Crippen molar-refractivity contribution >= 4 is 0 Å². The number of rotatable bonds is 1. The molecule has 3 aliphatic carbocycles. The predicted octanol–water partition coefficient (Wildman–Crippen LogP) is 3.53. The molecule has 0 N–H and O–H groups in total. The van der Waals surface area contributed by atoms with Gasteiger partial charge in [-0.2, -0.15) is 0 Å².